The van der Waals surface area contributed by atoms with Gasteiger partial charge < -0.3 is 10.6 Å². The summed E-state index contributed by atoms with van der Waals surface area (Å²) in [4.78, 5) is 0.206. The van der Waals surface area contributed by atoms with Crippen molar-refractivity contribution < 1.29 is 13.2 Å². The van der Waals surface area contributed by atoms with E-state index in [0.717, 1.165) is 16.9 Å². The van der Waals surface area contributed by atoms with E-state index in [1.165, 1.54) is 20.7 Å². The van der Waals surface area contributed by atoms with Gasteiger partial charge in [0.25, 0.3) is 0 Å². The zero-order valence-corrected chi connectivity index (χ0v) is 20.4. The lowest BCUT2D eigenvalue weighted by molar-refractivity contribution is 0.343. The van der Waals surface area contributed by atoms with Crippen molar-refractivity contribution in [2.24, 2.45) is 0 Å². The number of thioether (sulfide) groups is 1. The molecule has 172 valence electrons. The van der Waals surface area contributed by atoms with Gasteiger partial charge in [-0.25, -0.2) is 13.1 Å². The molecule has 0 aliphatic heterocycles. The number of aromatic nitrogens is 3. The smallest absolute Gasteiger partial charge is 0.243 e. The molecule has 0 aliphatic carbocycles. The molecule has 0 bridgehead atoms. The second kappa shape index (κ2) is 10.4. The molecule has 3 rings (SSSR count). The van der Waals surface area contributed by atoms with Crippen molar-refractivity contribution >= 4 is 21.8 Å². The fraction of sp³-hybridized carbons (Fsp3) is 0.364. The van der Waals surface area contributed by atoms with Crippen molar-refractivity contribution in [3.8, 4) is 17.1 Å². The quantitative estimate of drug-likeness (QED) is 0.272. The van der Waals surface area contributed by atoms with Gasteiger partial charge in [0.1, 0.15) is 5.75 Å². The highest BCUT2D eigenvalue weighted by molar-refractivity contribution is 7.99. The fourth-order valence-electron chi connectivity index (χ4n) is 3.39. The molecule has 0 spiro atoms. The number of aryl methyl sites for hydroxylation is 2. The summed E-state index contributed by atoms with van der Waals surface area (Å²) in [6.07, 6.45) is 0. The van der Waals surface area contributed by atoms with Gasteiger partial charge in [0.05, 0.1) is 11.5 Å². The molecule has 10 heteroatoms. The Morgan fingerprint density at radius 3 is 2.41 bits per heavy atom. The minimum atomic E-state index is -3.57. The third-order valence-electron chi connectivity index (χ3n) is 4.88. The van der Waals surface area contributed by atoms with Crippen LogP contribution in [0, 0.1) is 13.8 Å². The van der Waals surface area contributed by atoms with Gasteiger partial charge in [0.15, 0.2) is 5.82 Å². The summed E-state index contributed by atoms with van der Waals surface area (Å²) in [6, 6.07) is 12.7. The molecule has 0 atom stereocenters. The number of sulfonamides is 1. The predicted octanol–water partition coefficient (Wildman–Crippen LogP) is 3.48. The summed E-state index contributed by atoms with van der Waals surface area (Å²) in [6.45, 7) is 9.00. The lowest BCUT2D eigenvalue weighted by atomic mass is 10.1. The average Bonchev–Trinajstić information content (AvgIpc) is 3.11. The second-order valence-corrected chi connectivity index (χ2v) is 10.3. The molecule has 0 aliphatic rings. The lowest BCUT2D eigenvalue weighted by Gasteiger charge is -2.18. The Labute approximate surface area is 193 Å². The number of hydrogen-bond donors (Lipinski definition) is 1. The van der Waals surface area contributed by atoms with Crippen LogP contribution < -0.4 is 10.6 Å². The maximum Gasteiger partial charge on any atom is 0.243 e. The molecule has 8 nitrogen and oxygen atoms in total. The molecule has 0 amide bonds. The summed E-state index contributed by atoms with van der Waals surface area (Å²) >= 11 is 1.42. The van der Waals surface area contributed by atoms with Gasteiger partial charge in [-0.3, -0.25) is 0 Å². The molecule has 0 fully saturated rings. The second-order valence-electron chi connectivity index (χ2n) is 7.31. The van der Waals surface area contributed by atoms with Gasteiger partial charge in [-0.2, -0.15) is 4.31 Å². The van der Waals surface area contributed by atoms with Crippen LogP contribution >= 0.6 is 11.8 Å². The zero-order chi connectivity index (χ0) is 23.3. The average molecular weight is 476 g/mol. The number of hydrogen-bond acceptors (Lipinski definition) is 7. The molecule has 1 aromatic heterocycles. The van der Waals surface area contributed by atoms with E-state index in [2.05, 4.69) is 16.3 Å². The molecule has 0 saturated carbocycles. The van der Waals surface area contributed by atoms with Crippen LogP contribution in [-0.4, -0.2) is 53.0 Å². The summed E-state index contributed by atoms with van der Waals surface area (Å²) in [5.41, 5.74) is 2.90. The molecular weight excluding hydrogens is 446 g/mol. The minimum Gasteiger partial charge on any atom is -0.493 e. The number of benzene rings is 2. The fourth-order valence-corrected chi connectivity index (χ4v) is 5.57. The van der Waals surface area contributed by atoms with Crippen LogP contribution in [0.3, 0.4) is 0 Å². The standard InChI is InChI=1S/C22H29N5O3S2/c1-5-26(6-2)32(28,29)20-9-7-8-18(15-20)21-24-25-22(27(21)23)31-11-10-30-19-13-16(3)12-17(4)14-19/h7-9,12-15H,5-6,10-11,23H2,1-4H3. The Bertz CT molecular complexity index is 1150. The number of rotatable bonds is 10. The van der Waals surface area contributed by atoms with Gasteiger partial charge in [-0.15, -0.1) is 10.2 Å². The van der Waals surface area contributed by atoms with E-state index in [1.807, 2.05) is 39.8 Å². The molecule has 0 saturated heterocycles. The lowest BCUT2D eigenvalue weighted by Crippen LogP contribution is -2.30. The SMILES string of the molecule is CCN(CC)S(=O)(=O)c1cccc(-c2nnc(SCCOc3cc(C)cc(C)c3)n2N)c1. The Morgan fingerprint density at radius 2 is 1.75 bits per heavy atom. The van der Waals surface area contributed by atoms with Crippen molar-refractivity contribution in [3.63, 3.8) is 0 Å². The van der Waals surface area contributed by atoms with Crippen molar-refractivity contribution in [3.05, 3.63) is 53.6 Å². The van der Waals surface area contributed by atoms with Crippen molar-refractivity contribution in [1.29, 1.82) is 0 Å². The molecule has 1 heterocycles. The minimum absolute atomic E-state index is 0.206. The maximum absolute atomic E-state index is 12.8. The molecular formula is C22H29N5O3S2. The van der Waals surface area contributed by atoms with Crippen molar-refractivity contribution in [1.82, 2.24) is 19.2 Å². The van der Waals surface area contributed by atoms with E-state index in [0.29, 0.717) is 42.0 Å². The highest BCUT2D eigenvalue weighted by Crippen LogP contribution is 2.25. The van der Waals surface area contributed by atoms with Crippen LogP contribution in [-0.2, 0) is 10.0 Å². The molecule has 32 heavy (non-hydrogen) atoms. The third kappa shape index (κ3) is 5.43. The Balaban J connectivity index is 1.69. The highest BCUT2D eigenvalue weighted by atomic mass is 32.2. The van der Waals surface area contributed by atoms with Crippen LogP contribution in [0.2, 0.25) is 0 Å². The van der Waals surface area contributed by atoms with Crippen molar-refractivity contribution in [2.75, 3.05) is 31.3 Å². The summed E-state index contributed by atoms with van der Waals surface area (Å²) in [5, 5.41) is 8.86. The highest BCUT2D eigenvalue weighted by Gasteiger charge is 2.23. The van der Waals surface area contributed by atoms with Gasteiger partial charge in [-0.05, 0) is 49.2 Å². The first-order valence-electron chi connectivity index (χ1n) is 10.4. The summed E-state index contributed by atoms with van der Waals surface area (Å²) in [7, 11) is -3.57. The van der Waals surface area contributed by atoms with E-state index in [4.69, 9.17) is 10.6 Å². The van der Waals surface area contributed by atoms with E-state index < -0.39 is 10.0 Å². The van der Waals surface area contributed by atoms with Gasteiger partial charge in [0, 0.05) is 24.4 Å². The summed E-state index contributed by atoms with van der Waals surface area (Å²) in [5.74, 6) is 8.09. The first-order valence-corrected chi connectivity index (χ1v) is 12.8. The Hall–Kier alpha value is -2.56. The molecule has 2 N–H and O–H groups in total. The van der Waals surface area contributed by atoms with E-state index in [1.54, 1.807) is 24.3 Å². The van der Waals surface area contributed by atoms with Crippen LogP contribution in [0.5, 0.6) is 5.75 Å². The maximum atomic E-state index is 12.8. The first kappa shape index (κ1) is 24.1. The van der Waals surface area contributed by atoms with E-state index in [9.17, 15) is 8.42 Å². The van der Waals surface area contributed by atoms with Crippen LogP contribution in [0.4, 0.5) is 0 Å². The normalized spacial score (nSPS) is 11.8. The molecule has 2 aromatic carbocycles. The summed E-state index contributed by atoms with van der Waals surface area (Å²) < 4.78 is 34.3. The van der Waals surface area contributed by atoms with Crippen LogP contribution in [0.1, 0.15) is 25.0 Å². The van der Waals surface area contributed by atoms with Gasteiger partial charge in [-0.1, -0.05) is 43.8 Å². The predicted molar refractivity (Wildman–Crippen MR) is 128 cm³/mol. The van der Waals surface area contributed by atoms with E-state index >= 15 is 0 Å². The monoisotopic (exact) mass is 475 g/mol. The van der Waals surface area contributed by atoms with E-state index in [-0.39, 0.29) is 4.90 Å². The van der Waals surface area contributed by atoms with Crippen LogP contribution in [0.15, 0.2) is 52.5 Å². The molecule has 3 aromatic rings. The van der Waals surface area contributed by atoms with Gasteiger partial charge in [0.2, 0.25) is 15.2 Å². The van der Waals surface area contributed by atoms with Crippen LogP contribution in [0.25, 0.3) is 11.4 Å². The number of ether oxygens (including phenoxy) is 1. The number of nitrogen functional groups attached to an aromatic ring is 1. The largest absolute Gasteiger partial charge is 0.493 e. The third-order valence-corrected chi connectivity index (χ3v) is 7.83. The van der Waals surface area contributed by atoms with Gasteiger partial charge >= 0.3 is 0 Å². The number of nitrogens with zero attached hydrogens (tertiary/aromatic N) is 4. The molecule has 0 radical (unpaired) electrons. The zero-order valence-electron chi connectivity index (χ0n) is 18.8. The molecule has 0 unspecified atom stereocenters. The number of nitrogens with two attached hydrogens (primary N) is 1. The van der Waals surface area contributed by atoms with Crippen molar-refractivity contribution in [2.45, 2.75) is 37.7 Å². The Kier molecular flexibility index (Phi) is 7.81. The topological polar surface area (TPSA) is 103 Å². The Morgan fingerprint density at radius 1 is 1.06 bits per heavy atom. The first-order chi connectivity index (χ1) is 15.3.